The van der Waals surface area contributed by atoms with Crippen molar-refractivity contribution in [1.29, 1.82) is 0 Å². The van der Waals surface area contributed by atoms with E-state index in [0.717, 1.165) is 27.7 Å². The Kier molecular flexibility index (Phi) is 3.50. The van der Waals surface area contributed by atoms with E-state index in [-0.39, 0.29) is 11.8 Å². The Morgan fingerprint density at radius 2 is 1.75 bits per heavy atom. The molecule has 2 aliphatic rings. The van der Waals surface area contributed by atoms with Crippen LogP contribution in [0.15, 0.2) is 60.3 Å². The van der Waals surface area contributed by atoms with Gasteiger partial charge >= 0.3 is 0 Å². The van der Waals surface area contributed by atoms with Gasteiger partial charge in [-0.1, -0.05) is 48.5 Å². The number of hydrogen-bond acceptors (Lipinski definition) is 2. The zero-order valence-corrected chi connectivity index (χ0v) is 15.8. The van der Waals surface area contributed by atoms with Crippen LogP contribution in [-0.4, -0.2) is 27.7 Å². The Bertz CT molecular complexity index is 1140. The maximum Gasteiger partial charge on any atom is 0.271 e. The van der Waals surface area contributed by atoms with Gasteiger partial charge in [-0.05, 0) is 37.1 Å². The first-order chi connectivity index (χ1) is 13.5. The summed E-state index contributed by atoms with van der Waals surface area (Å²) in [6.45, 7) is 4.01. The second-order valence-corrected chi connectivity index (χ2v) is 7.94. The molecule has 2 amide bonds. The smallest absolute Gasteiger partial charge is 0.271 e. The van der Waals surface area contributed by atoms with Gasteiger partial charge in [-0.15, -0.1) is 0 Å². The quantitative estimate of drug-likeness (QED) is 0.645. The molecule has 0 saturated carbocycles. The molecule has 1 atom stereocenters. The van der Waals surface area contributed by atoms with Gasteiger partial charge in [0.2, 0.25) is 5.91 Å². The van der Waals surface area contributed by atoms with Gasteiger partial charge in [0.1, 0.15) is 11.7 Å². The molecule has 0 bridgehead atoms. The molecule has 2 aliphatic heterocycles. The minimum Gasteiger partial charge on any atom is -0.356 e. The van der Waals surface area contributed by atoms with E-state index in [1.807, 2.05) is 62.4 Å². The van der Waals surface area contributed by atoms with Crippen LogP contribution in [0.4, 0.5) is 0 Å². The minimum absolute atomic E-state index is 0.134. The summed E-state index contributed by atoms with van der Waals surface area (Å²) in [6.07, 6.45) is 2.26. The van der Waals surface area contributed by atoms with Gasteiger partial charge < -0.3 is 15.2 Å². The van der Waals surface area contributed by atoms with Crippen molar-refractivity contribution in [2.75, 3.05) is 0 Å². The van der Waals surface area contributed by atoms with Crippen LogP contribution in [0.25, 0.3) is 17.0 Å². The lowest BCUT2D eigenvalue weighted by Crippen LogP contribution is -2.65. The number of hydrogen-bond donors (Lipinski definition) is 2. The van der Waals surface area contributed by atoms with Crippen LogP contribution in [0.5, 0.6) is 0 Å². The summed E-state index contributed by atoms with van der Waals surface area (Å²) in [5.41, 5.74) is 3.74. The second kappa shape index (κ2) is 5.83. The first-order valence-corrected chi connectivity index (χ1v) is 9.48. The molecular formula is C23H21N3O2. The summed E-state index contributed by atoms with van der Waals surface area (Å²) in [4.78, 5) is 31.6. The SMILES string of the molecule is CC1(C)c2[nH]c3ccccc3c2C[C@H]2C(=O)N/C(=C\c3ccccc3)C(=O)N21. The normalized spacial score (nSPS) is 22.1. The van der Waals surface area contributed by atoms with Crippen molar-refractivity contribution in [3.8, 4) is 0 Å². The number of aromatic amines is 1. The molecule has 5 heteroatoms. The van der Waals surface area contributed by atoms with E-state index in [2.05, 4.69) is 16.4 Å². The van der Waals surface area contributed by atoms with Crippen molar-refractivity contribution in [2.24, 2.45) is 0 Å². The van der Waals surface area contributed by atoms with E-state index in [1.54, 1.807) is 11.0 Å². The number of fused-ring (bicyclic) bond motifs is 4. The number of carbonyl (C=O) groups is 2. The fraction of sp³-hybridized carbons (Fsp3) is 0.217. The number of para-hydroxylation sites is 1. The summed E-state index contributed by atoms with van der Waals surface area (Å²) >= 11 is 0. The van der Waals surface area contributed by atoms with Gasteiger partial charge in [0.15, 0.2) is 0 Å². The molecule has 1 aromatic heterocycles. The molecule has 140 valence electrons. The third-order valence-corrected chi connectivity index (χ3v) is 5.86. The van der Waals surface area contributed by atoms with Gasteiger partial charge in [-0.25, -0.2) is 0 Å². The van der Waals surface area contributed by atoms with Crippen LogP contribution < -0.4 is 5.32 Å². The highest BCUT2D eigenvalue weighted by molar-refractivity contribution is 6.08. The van der Waals surface area contributed by atoms with Crippen molar-refractivity contribution in [2.45, 2.75) is 31.8 Å². The molecule has 3 heterocycles. The van der Waals surface area contributed by atoms with Crippen LogP contribution >= 0.6 is 0 Å². The minimum atomic E-state index is -0.623. The van der Waals surface area contributed by atoms with Gasteiger partial charge in [-0.3, -0.25) is 9.59 Å². The predicted molar refractivity (Wildman–Crippen MR) is 108 cm³/mol. The van der Waals surface area contributed by atoms with Crippen molar-refractivity contribution in [1.82, 2.24) is 15.2 Å². The van der Waals surface area contributed by atoms with Crippen LogP contribution in [0.1, 0.15) is 30.7 Å². The van der Waals surface area contributed by atoms with Crippen LogP contribution in [0.3, 0.4) is 0 Å². The first-order valence-electron chi connectivity index (χ1n) is 9.48. The van der Waals surface area contributed by atoms with E-state index in [1.165, 1.54) is 0 Å². The average molecular weight is 371 g/mol. The van der Waals surface area contributed by atoms with Crippen molar-refractivity contribution < 1.29 is 9.59 Å². The van der Waals surface area contributed by atoms with E-state index in [9.17, 15) is 9.59 Å². The van der Waals surface area contributed by atoms with Crippen molar-refractivity contribution in [3.63, 3.8) is 0 Å². The van der Waals surface area contributed by atoms with Gasteiger partial charge in [0.05, 0.1) is 5.54 Å². The molecule has 28 heavy (non-hydrogen) atoms. The molecule has 5 nitrogen and oxygen atoms in total. The van der Waals surface area contributed by atoms with Crippen molar-refractivity contribution in [3.05, 3.63) is 77.1 Å². The highest BCUT2D eigenvalue weighted by Crippen LogP contribution is 2.42. The van der Waals surface area contributed by atoms with Crippen LogP contribution in [0, 0.1) is 0 Å². The lowest BCUT2D eigenvalue weighted by molar-refractivity contribution is -0.150. The predicted octanol–water partition coefficient (Wildman–Crippen LogP) is 3.33. The molecule has 0 spiro atoms. The zero-order chi connectivity index (χ0) is 19.5. The summed E-state index contributed by atoms with van der Waals surface area (Å²) in [5, 5.41) is 3.96. The number of benzene rings is 2. The van der Waals surface area contributed by atoms with Crippen molar-refractivity contribution >= 4 is 28.8 Å². The number of carbonyl (C=O) groups excluding carboxylic acids is 2. The average Bonchev–Trinajstić information content (AvgIpc) is 3.06. The first kappa shape index (κ1) is 16.8. The van der Waals surface area contributed by atoms with E-state index >= 15 is 0 Å². The maximum atomic E-state index is 13.4. The van der Waals surface area contributed by atoms with Gasteiger partial charge in [-0.2, -0.15) is 0 Å². The number of amides is 2. The Balaban J connectivity index is 1.63. The fourth-order valence-corrected chi connectivity index (χ4v) is 4.55. The van der Waals surface area contributed by atoms with E-state index in [0.29, 0.717) is 12.1 Å². The molecule has 2 aromatic carbocycles. The lowest BCUT2D eigenvalue weighted by Gasteiger charge is -2.49. The Labute approximate surface area is 163 Å². The third-order valence-electron chi connectivity index (χ3n) is 5.86. The molecule has 5 rings (SSSR count). The number of nitrogens with one attached hydrogen (secondary N) is 2. The Morgan fingerprint density at radius 1 is 1.04 bits per heavy atom. The Hall–Kier alpha value is -3.34. The second-order valence-electron chi connectivity index (χ2n) is 7.94. The topological polar surface area (TPSA) is 65.2 Å². The van der Waals surface area contributed by atoms with Gasteiger partial charge in [0, 0.05) is 23.0 Å². The molecule has 1 fully saturated rings. The number of piperazine rings is 1. The molecule has 1 saturated heterocycles. The molecular weight excluding hydrogens is 350 g/mol. The molecule has 0 aliphatic carbocycles. The lowest BCUT2D eigenvalue weighted by atomic mass is 9.82. The fourth-order valence-electron chi connectivity index (χ4n) is 4.55. The number of rotatable bonds is 1. The standard InChI is InChI=1S/C23H21N3O2/c1-23(2)20-16(15-10-6-7-11-17(15)24-20)13-19-21(27)25-18(22(28)26(19)23)12-14-8-4-3-5-9-14/h3-12,19,24H,13H2,1-2H3,(H,25,27)/b18-12-/t19-/m0/s1. The van der Waals surface area contributed by atoms with Crippen LogP contribution in [0.2, 0.25) is 0 Å². The number of aromatic nitrogens is 1. The summed E-state index contributed by atoms with van der Waals surface area (Å²) in [6, 6.07) is 17.1. The highest BCUT2D eigenvalue weighted by atomic mass is 16.2. The Morgan fingerprint density at radius 3 is 2.54 bits per heavy atom. The zero-order valence-electron chi connectivity index (χ0n) is 15.8. The summed E-state index contributed by atoms with van der Waals surface area (Å²) in [5.74, 6) is -0.284. The largest absolute Gasteiger partial charge is 0.356 e. The van der Waals surface area contributed by atoms with E-state index < -0.39 is 11.6 Å². The number of nitrogens with zero attached hydrogens (tertiary/aromatic N) is 1. The molecule has 0 radical (unpaired) electrons. The van der Waals surface area contributed by atoms with E-state index in [4.69, 9.17) is 0 Å². The summed E-state index contributed by atoms with van der Waals surface area (Å²) < 4.78 is 0. The summed E-state index contributed by atoms with van der Waals surface area (Å²) in [7, 11) is 0. The van der Waals surface area contributed by atoms with Gasteiger partial charge in [0.25, 0.3) is 5.91 Å². The highest BCUT2D eigenvalue weighted by Gasteiger charge is 2.50. The molecule has 0 unspecified atom stereocenters. The third kappa shape index (κ3) is 2.32. The van der Waals surface area contributed by atoms with Crippen LogP contribution in [-0.2, 0) is 21.5 Å². The molecule has 3 aromatic rings. The number of H-pyrrole nitrogens is 1. The molecule has 2 N–H and O–H groups in total. The monoisotopic (exact) mass is 371 g/mol. The maximum absolute atomic E-state index is 13.4.